The summed E-state index contributed by atoms with van der Waals surface area (Å²) in [6.45, 7) is 1.09. The molecule has 7 nitrogen and oxygen atoms in total. The molecule has 0 amide bonds. The quantitative estimate of drug-likeness (QED) is 0.533. The van der Waals surface area contributed by atoms with Gasteiger partial charge in [-0.3, -0.25) is 15.5 Å². The lowest BCUT2D eigenvalue weighted by Gasteiger charge is -2.18. The third kappa shape index (κ3) is 3.14. The van der Waals surface area contributed by atoms with Crippen molar-refractivity contribution in [1.29, 1.82) is 0 Å². The molecule has 0 atom stereocenters. The van der Waals surface area contributed by atoms with E-state index in [0.717, 1.165) is 11.3 Å². The average molecular weight is 299 g/mol. The molecule has 2 aromatic rings. The Kier molecular flexibility index (Phi) is 3.86. The lowest BCUT2D eigenvalue weighted by molar-refractivity contribution is -0.384. The van der Waals surface area contributed by atoms with Gasteiger partial charge in [-0.25, -0.2) is 0 Å². The number of hydrogen-bond acceptors (Lipinski definition) is 6. The van der Waals surface area contributed by atoms with Crippen molar-refractivity contribution in [2.24, 2.45) is 5.10 Å². The van der Waals surface area contributed by atoms with Crippen molar-refractivity contribution in [2.75, 3.05) is 18.6 Å². The second-order valence-corrected chi connectivity index (χ2v) is 4.58. The van der Waals surface area contributed by atoms with Crippen molar-refractivity contribution < 1.29 is 14.4 Å². The number of nitrogens with zero attached hydrogens (tertiary/aromatic N) is 2. The van der Waals surface area contributed by atoms with Crippen molar-refractivity contribution in [1.82, 2.24) is 0 Å². The van der Waals surface area contributed by atoms with Gasteiger partial charge in [0.2, 0.25) is 0 Å². The summed E-state index contributed by atoms with van der Waals surface area (Å²) in [6.07, 6.45) is 1.64. The van der Waals surface area contributed by atoms with Gasteiger partial charge in [-0.2, -0.15) is 5.10 Å². The van der Waals surface area contributed by atoms with Gasteiger partial charge in [-0.05, 0) is 35.9 Å². The van der Waals surface area contributed by atoms with Gasteiger partial charge in [-0.1, -0.05) is 0 Å². The van der Waals surface area contributed by atoms with Crippen molar-refractivity contribution in [3.63, 3.8) is 0 Å². The fourth-order valence-corrected chi connectivity index (χ4v) is 1.98. The SMILES string of the molecule is O=[N+]([O-])c1ccc(N/N=C\c2ccc3c(c2)OCCO3)cc1. The summed E-state index contributed by atoms with van der Waals surface area (Å²) in [7, 11) is 0. The van der Waals surface area contributed by atoms with Crippen LogP contribution in [0.25, 0.3) is 0 Å². The number of rotatable bonds is 4. The monoisotopic (exact) mass is 299 g/mol. The van der Waals surface area contributed by atoms with Crippen LogP contribution in [-0.4, -0.2) is 24.4 Å². The number of anilines is 1. The number of hydrogen-bond donors (Lipinski definition) is 1. The molecule has 0 aliphatic carbocycles. The van der Waals surface area contributed by atoms with Crippen LogP contribution in [0.1, 0.15) is 5.56 Å². The maximum Gasteiger partial charge on any atom is 0.269 e. The van der Waals surface area contributed by atoms with Crippen LogP contribution in [0, 0.1) is 10.1 Å². The predicted octanol–water partition coefficient (Wildman–Crippen LogP) is 2.81. The van der Waals surface area contributed by atoms with Crippen LogP contribution in [0.3, 0.4) is 0 Å². The molecule has 1 aliphatic heterocycles. The highest BCUT2D eigenvalue weighted by Gasteiger charge is 2.10. The molecule has 1 heterocycles. The largest absolute Gasteiger partial charge is 0.486 e. The maximum atomic E-state index is 10.6. The molecule has 112 valence electrons. The van der Waals surface area contributed by atoms with E-state index in [4.69, 9.17) is 9.47 Å². The number of nitro benzene ring substituents is 1. The Morgan fingerprint density at radius 2 is 1.82 bits per heavy atom. The van der Waals surface area contributed by atoms with Crippen LogP contribution in [-0.2, 0) is 0 Å². The van der Waals surface area contributed by atoms with E-state index in [1.54, 1.807) is 18.3 Å². The number of ether oxygens (including phenoxy) is 2. The second kappa shape index (κ2) is 6.13. The third-order valence-electron chi connectivity index (χ3n) is 3.05. The Morgan fingerprint density at radius 3 is 2.55 bits per heavy atom. The van der Waals surface area contributed by atoms with Gasteiger partial charge in [0.15, 0.2) is 11.5 Å². The van der Waals surface area contributed by atoms with E-state index in [1.807, 2.05) is 18.2 Å². The third-order valence-corrected chi connectivity index (χ3v) is 3.05. The van der Waals surface area contributed by atoms with Crippen molar-refractivity contribution in [3.8, 4) is 11.5 Å². The van der Waals surface area contributed by atoms with E-state index < -0.39 is 4.92 Å². The fraction of sp³-hybridized carbons (Fsp3) is 0.133. The Balaban J connectivity index is 1.65. The molecule has 2 aromatic carbocycles. The minimum absolute atomic E-state index is 0.0429. The summed E-state index contributed by atoms with van der Waals surface area (Å²) in [6, 6.07) is 11.6. The maximum absolute atomic E-state index is 10.6. The Labute approximate surface area is 126 Å². The molecule has 0 saturated carbocycles. The van der Waals surface area contributed by atoms with Gasteiger partial charge in [-0.15, -0.1) is 0 Å². The van der Waals surface area contributed by atoms with Crippen molar-refractivity contribution in [3.05, 3.63) is 58.1 Å². The van der Waals surface area contributed by atoms with Gasteiger partial charge in [0, 0.05) is 12.1 Å². The summed E-state index contributed by atoms with van der Waals surface area (Å²) in [5, 5.41) is 14.7. The molecule has 22 heavy (non-hydrogen) atoms. The fourth-order valence-electron chi connectivity index (χ4n) is 1.98. The number of fused-ring (bicyclic) bond motifs is 1. The van der Waals surface area contributed by atoms with Gasteiger partial charge in [0.25, 0.3) is 5.69 Å². The number of non-ortho nitro benzene ring substituents is 1. The molecule has 0 saturated heterocycles. The first-order chi connectivity index (χ1) is 10.7. The molecule has 0 bridgehead atoms. The van der Waals surface area contributed by atoms with E-state index in [0.29, 0.717) is 24.7 Å². The van der Waals surface area contributed by atoms with Crippen LogP contribution in [0.4, 0.5) is 11.4 Å². The molecule has 1 aliphatic rings. The van der Waals surface area contributed by atoms with Crippen molar-refractivity contribution in [2.45, 2.75) is 0 Å². The van der Waals surface area contributed by atoms with E-state index in [2.05, 4.69) is 10.5 Å². The number of nitro groups is 1. The molecule has 1 N–H and O–H groups in total. The predicted molar refractivity (Wildman–Crippen MR) is 81.7 cm³/mol. The van der Waals surface area contributed by atoms with Crippen LogP contribution in [0.2, 0.25) is 0 Å². The minimum Gasteiger partial charge on any atom is -0.486 e. The van der Waals surface area contributed by atoms with Crippen LogP contribution in [0.5, 0.6) is 11.5 Å². The summed E-state index contributed by atoms with van der Waals surface area (Å²) in [5.74, 6) is 1.43. The molecule has 0 radical (unpaired) electrons. The molecule has 3 rings (SSSR count). The molecule has 7 heteroatoms. The normalized spacial score (nSPS) is 13.1. The zero-order valence-corrected chi connectivity index (χ0v) is 11.6. The Morgan fingerprint density at radius 1 is 1.09 bits per heavy atom. The molecule has 0 aromatic heterocycles. The van der Waals surface area contributed by atoms with Gasteiger partial charge in [0.1, 0.15) is 13.2 Å². The average Bonchev–Trinajstić information content (AvgIpc) is 2.55. The first kappa shape index (κ1) is 13.9. The highest BCUT2D eigenvalue weighted by molar-refractivity contribution is 5.81. The number of benzene rings is 2. The first-order valence-corrected chi connectivity index (χ1v) is 6.65. The van der Waals surface area contributed by atoms with Gasteiger partial charge in [0.05, 0.1) is 16.8 Å². The summed E-state index contributed by atoms with van der Waals surface area (Å²) in [4.78, 5) is 10.1. The first-order valence-electron chi connectivity index (χ1n) is 6.65. The molecule has 0 fully saturated rings. The zero-order chi connectivity index (χ0) is 15.4. The topological polar surface area (TPSA) is 86.0 Å². The van der Waals surface area contributed by atoms with E-state index in [9.17, 15) is 10.1 Å². The summed E-state index contributed by atoms with van der Waals surface area (Å²) < 4.78 is 10.9. The molecule has 0 unspecified atom stereocenters. The summed E-state index contributed by atoms with van der Waals surface area (Å²) >= 11 is 0. The smallest absolute Gasteiger partial charge is 0.269 e. The second-order valence-electron chi connectivity index (χ2n) is 4.58. The zero-order valence-electron chi connectivity index (χ0n) is 11.6. The lowest BCUT2D eigenvalue weighted by atomic mass is 10.2. The Hall–Kier alpha value is -3.09. The van der Waals surface area contributed by atoms with Gasteiger partial charge < -0.3 is 9.47 Å². The summed E-state index contributed by atoms with van der Waals surface area (Å²) in [5.41, 5.74) is 4.38. The highest BCUT2D eigenvalue weighted by atomic mass is 16.6. The molecular formula is C15H13N3O4. The minimum atomic E-state index is -0.442. The van der Waals surface area contributed by atoms with Crippen molar-refractivity contribution >= 4 is 17.6 Å². The molecule has 0 spiro atoms. The van der Waals surface area contributed by atoms with E-state index >= 15 is 0 Å². The van der Waals surface area contributed by atoms with Crippen LogP contribution < -0.4 is 14.9 Å². The van der Waals surface area contributed by atoms with Crippen LogP contribution in [0.15, 0.2) is 47.6 Å². The Bertz CT molecular complexity index is 713. The van der Waals surface area contributed by atoms with E-state index in [-0.39, 0.29) is 5.69 Å². The standard InChI is InChI=1S/C15H13N3O4/c19-18(20)13-4-2-12(3-5-13)17-16-10-11-1-6-14-15(9-11)22-8-7-21-14/h1-6,9-10,17H,7-8H2/b16-10-. The molecular weight excluding hydrogens is 286 g/mol. The number of nitrogens with one attached hydrogen (secondary N) is 1. The van der Waals surface area contributed by atoms with Crippen LogP contribution >= 0.6 is 0 Å². The van der Waals surface area contributed by atoms with Gasteiger partial charge >= 0.3 is 0 Å². The lowest BCUT2D eigenvalue weighted by Crippen LogP contribution is -2.15. The number of hydrazone groups is 1. The van der Waals surface area contributed by atoms with E-state index in [1.165, 1.54) is 12.1 Å². The highest BCUT2D eigenvalue weighted by Crippen LogP contribution is 2.30.